The predicted molar refractivity (Wildman–Crippen MR) is 80.6 cm³/mol. The molecule has 0 amide bonds. The summed E-state index contributed by atoms with van der Waals surface area (Å²) < 4.78 is 13.9. The van der Waals surface area contributed by atoms with Crippen LogP contribution >= 0.6 is 11.6 Å². The van der Waals surface area contributed by atoms with Crippen molar-refractivity contribution in [1.29, 1.82) is 0 Å². The predicted octanol–water partition coefficient (Wildman–Crippen LogP) is 3.99. The van der Waals surface area contributed by atoms with E-state index in [0.717, 1.165) is 16.8 Å². The van der Waals surface area contributed by atoms with Crippen LogP contribution in [-0.2, 0) is 6.42 Å². The second-order valence-corrected chi connectivity index (χ2v) is 5.37. The summed E-state index contributed by atoms with van der Waals surface area (Å²) in [4.78, 5) is 4.48. The van der Waals surface area contributed by atoms with E-state index in [1.165, 1.54) is 6.07 Å². The lowest BCUT2D eigenvalue weighted by atomic mass is 9.99. The van der Waals surface area contributed by atoms with Gasteiger partial charge in [-0.15, -0.1) is 0 Å². The van der Waals surface area contributed by atoms with Gasteiger partial charge in [0.05, 0.1) is 11.7 Å². The van der Waals surface area contributed by atoms with Crippen molar-refractivity contribution < 1.29 is 4.39 Å². The average molecular weight is 293 g/mol. The van der Waals surface area contributed by atoms with Gasteiger partial charge in [-0.25, -0.2) is 4.39 Å². The standard InChI is InChI=1S/C16H18ClFN2/c1-10-7-11(2)16(20-9-10)15(19-3)8-12-13(17)5-4-6-14(12)18/h4-7,9,15,19H,8H2,1-3H3. The maximum absolute atomic E-state index is 13.9. The number of aryl methyl sites for hydroxylation is 2. The van der Waals surface area contributed by atoms with E-state index in [1.54, 1.807) is 12.1 Å². The highest BCUT2D eigenvalue weighted by molar-refractivity contribution is 6.31. The second-order valence-electron chi connectivity index (χ2n) is 4.96. The highest BCUT2D eigenvalue weighted by Crippen LogP contribution is 2.26. The fourth-order valence-electron chi connectivity index (χ4n) is 2.36. The molecule has 0 aliphatic heterocycles. The molecule has 1 heterocycles. The lowest BCUT2D eigenvalue weighted by Gasteiger charge is -2.19. The summed E-state index contributed by atoms with van der Waals surface area (Å²) in [6, 6.07) is 6.77. The van der Waals surface area contributed by atoms with Crippen molar-refractivity contribution in [2.45, 2.75) is 26.3 Å². The molecule has 0 aliphatic carbocycles. The molecule has 2 aromatic rings. The Morgan fingerprint density at radius 3 is 2.70 bits per heavy atom. The van der Waals surface area contributed by atoms with Crippen LogP contribution in [-0.4, -0.2) is 12.0 Å². The number of nitrogens with zero attached hydrogens (tertiary/aromatic N) is 1. The van der Waals surface area contributed by atoms with Crippen molar-refractivity contribution in [3.63, 3.8) is 0 Å². The van der Waals surface area contributed by atoms with Gasteiger partial charge in [0.15, 0.2) is 0 Å². The number of pyridine rings is 1. The van der Waals surface area contributed by atoms with E-state index in [9.17, 15) is 4.39 Å². The SMILES string of the molecule is CNC(Cc1c(F)cccc1Cl)c1ncc(C)cc1C. The van der Waals surface area contributed by atoms with Gasteiger partial charge in [0.1, 0.15) is 5.82 Å². The number of hydrogen-bond donors (Lipinski definition) is 1. The molecule has 20 heavy (non-hydrogen) atoms. The maximum atomic E-state index is 13.9. The molecule has 0 bridgehead atoms. The van der Waals surface area contributed by atoms with Crippen molar-refractivity contribution in [3.05, 3.63) is 63.7 Å². The van der Waals surface area contributed by atoms with Crippen molar-refractivity contribution in [2.24, 2.45) is 0 Å². The summed E-state index contributed by atoms with van der Waals surface area (Å²) in [6.45, 7) is 4.02. The zero-order chi connectivity index (χ0) is 14.7. The monoisotopic (exact) mass is 292 g/mol. The molecule has 4 heteroatoms. The third-order valence-electron chi connectivity index (χ3n) is 3.40. The molecule has 0 radical (unpaired) electrons. The number of nitrogens with one attached hydrogen (secondary N) is 1. The lowest BCUT2D eigenvalue weighted by Crippen LogP contribution is -2.22. The Hall–Kier alpha value is -1.45. The van der Waals surface area contributed by atoms with Crippen LogP contribution in [0.5, 0.6) is 0 Å². The van der Waals surface area contributed by atoms with Gasteiger partial charge in [-0.2, -0.15) is 0 Å². The minimum absolute atomic E-state index is 0.0648. The lowest BCUT2D eigenvalue weighted by molar-refractivity contribution is 0.542. The van der Waals surface area contributed by atoms with Gasteiger partial charge in [-0.3, -0.25) is 4.98 Å². The zero-order valence-corrected chi connectivity index (χ0v) is 12.6. The molecule has 0 saturated carbocycles. The third-order valence-corrected chi connectivity index (χ3v) is 3.76. The molecule has 0 spiro atoms. The molecule has 1 unspecified atom stereocenters. The van der Waals surface area contributed by atoms with E-state index in [1.807, 2.05) is 27.1 Å². The van der Waals surface area contributed by atoms with Crippen molar-refractivity contribution >= 4 is 11.6 Å². The quantitative estimate of drug-likeness (QED) is 0.921. The van der Waals surface area contributed by atoms with E-state index in [4.69, 9.17) is 11.6 Å². The van der Waals surface area contributed by atoms with Crippen LogP contribution in [0.4, 0.5) is 4.39 Å². The van der Waals surface area contributed by atoms with Crippen LogP contribution in [0.15, 0.2) is 30.5 Å². The maximum Gasteiger partial charge on any atom is 0.127 e. The van der Waals surface area contributed by atoms with Gasteiger partial charge >= 0.3 is 0 Å². The summed E-state index contributed by atoms with van der Waals surface area (Å²) in [7, 11) is 1.85. The summed E-state index contributed by atoms with van der Waals surface area (Å²) in [5, 5.41) is 3.65. The van der Waals surface area contributed by atoms with Crippen LogP contribution in [0.3, 0.4) is 0 Å². The van der Waals surface area contributed by atoms with E-state index in [2.05, 4.69) is 16.4 Å². The molecular weight excluding hydrogens is 275 g/mol. The van der Waals surface area contributed by atoms with Gasteiger partial charge in [0.25, 0.3) is 0 Å². The Labute approximate surface area is 124 Å². The average Bonchev–Trinajstić information content (AvgIpc) is 2.40. The van der Waals surface area contributed by atoms with Gasteiger partial charge < -0.3 is 5.32 Å². The van der Waals surface area contributed by atoms with Crippen LogP contribution in [0.25, 0.3) is 0 Å². The number of hydrogen-bond acceptors (Lipinski definition) is 2. The topological polar surface area (TPSA) is 24.9 Å². The molecular formula is C16H18ClFN2. The Morgan fingerprint density at radius 1 is 1.35 bits per heavy atom. The molecule has 0 saturated heterocycles. The zero-order valence-electron chi connectivity index (χ0n) is 11.9. The van der Waals surface area contributed by atoms with Crippen molar-refractivity contribution in [3.8, 4) is 0 Å². The molecule has 1 N–H and O–H groups in total. The van der Waals surface area contributed by atoms with Gasteiger partial charge in [-0.05, 0) is 50.6 Å². The first-order valence-electron chi connectivity index (χ1n) is 6.56. The second kappa shape index (κ2) is 6.33. The fourth-order valence-corrected chi connectivity index (χ4v) is 2.60. The number of halogens is 2. The summed E-state index contributed by atoms with van der Waals surface area (Å²) in [5.41, 5.74) is 3.66. The summed E-state index contributed by atoms with van der Waals surface area (Å²) in [6.07, 6.45) is 2.30. The van der Waals surface area contributed by atoms with Gasteiger partial charge in [-0.1, -0.05) is 23.7 Å². The minimum Gasteiger partial charge on any atom is -0.311 e. The Morgan fingerprint density at radius 2 is 2.10 bits per heavy atom. The van der Waals surface area contributed by atoms with E-state index >= 15 is 0 Å². The molecule has 1 aromatic carbocycles. The molecule has 0 fully saturated rings. The molecule has 1 aromatic heterocycles. The van der Waals surface area contributed by atoms with E-state index < -0.39 is 0 Å². The Kier molecular flexibility index (Phi) is 4.73. The summed E-state index contributed by atoms with van der Waals surface area (Å²) >= 11 is 6.09. The summed E-state index contributed by atoms with van der Waals surface area (Å²) in [5.74, 6) is -0.275. The van der Waals surface area contributed by atoms with E-state index in [0.29, 0.717) is 17.0 Å². The van der Waals surface area contributed by atoms with Gasteiger partial charge in [0, 0.05) is 16.8 Å². The number of benzene rings is 1. The van der Waals surface area contributed by atoms with Crippen LogP contribution in [0.1, 0.15) is 28.4 Å². The molecule has 106 valence electrons. The normalized spacial score (nSPS) is 12.4. The minimum atomic E-state index is -0.275. The van der Waals surface area contributed by atoms with Crippen molar-refractivity contribution in [1.82, 2.24) is 10.3 Å². The van der Waals surface area contributed by atoms with Gasteiger partial charge in [0.2, 0.25) is 0 Å². The first-order chi connectivity index (χ1) is 9.52. The largest absolute Gasteiger partial charge is 0.311 e. The third kappa shape index (κ3) is 3.17. The van der Waals surface area contributed by atoms with Crippen molar-refractivity contribution in [2.75, 3.05) is 7.05 Å². The fraction of sp³-hybridized carbons (Fsp3) is 0.312. The Bertz CT molecular complexity index is 593. The van der Waals surface area contributed by atoms with Crippen LogP contribution in [0, 0.1) is 19.7 Å². The molecule has 0 aliphatic rings. The van der Waals surface area contributed by atoms with Crippen LogP contribution < -0.4 is 5.32 Å². The molecule has 2 rings (SSSR count). The highest BCUT2D eigenvalue weighted by Gasteiger charge is 2.18. The number of rotatable bonds is 4. The van der Waals surface area contributed by atoms with Crippen LogP contribution in [0.2, 0.25) is 5.02 Å². The number of likely N-dealkylation sites (N-methyl/N-ethyl adjacent to an activating group) is 1. The number of aromatic nitrogens is 1. The first kappa shape index (κ1) is 14.9. The molecule has 1 atom stereocenters. The smallest absolute Gasteiger partial charge is 0.127 e. The van der Waals surface area contributed by atoms with E-state index in [-0.39, 0.29) is 11.9 Å². The highest BCUT2D eigenvalue weighted by atomic mass is 35.5. The molecule has 2 nitrogen and oxygen atoms in total. The Balaban J connectivity index is 2.34. The first-order valence-corrected chi connectivity index (χ1v) is 6.94.